The lowest BCUT2D eigenvalue weighted by molar-refractivity contribution is 0.408. The number of benzene rings is 2. The van der Waals surface area contributed by atoms with Crippen LogP contribution in [0.25, 0.3) is 0 Å². The monoisotopic (exact) mass is 368 g/mol. The molecule has 0 saturated heterocycles. The molecule has 2 aromatic carbocycles. The molecule has 0 amide bonds. The van der Waals surface area contributed by atoms with Gasteiger partial charge in [0.05, 0.1) is 23.7 Å². The Hall–Kier alpha value is -2.86. The Morgan fingerprint density at radius 3 is 2.27 bits per heavy atom. The number of nitrogens with zero attached hydrogens (tertiary/aromatic N) is 1. The number of rotatable bonds is 6. The van der Waals surface area contributed by atoms with Crippen LogP contribution in [0, 0.1) is 0 Å². The van der Waals surface area contributed by atoms with E-state index in [9.17, 15) is 8.42 Å². The van der Waals surface area contributed by atoms with Gasteiger partial charge in [-0.1, -0.05) is 24.3 Å². The molecule has 134 valence electrons. The van der Waals surface area contributed by atoms with Crippen LogP contribution in [-0.2, 0) is 9.84 Å². The Morgan fingerprint density at radius 1 is 0.962 bits per heavy atom. The number of methoxy groups -OCH3 is 1. The van der Waals surface area contributed by atoms with Gasteiger partial charge in [0.1, 0.15) is 5.75 Å². The van der Waals surface area contributed by atoms with Crippen molar-refractivity contribution in [3.63, 3.8) is 0 Å². The number of anilines is 1. The minimum Gasteiger partial charge on any atom is -0.496 e. The molecule has 1 atom stereocenters. The minimum absolute atomic E-state index is 0.239. The molecule has 0 aliphatic carbocycles. The molecule has 1 unspecified atom stereocenters. The molecule has 3 aromatic rings. The molecule has 0 aliphatic heterocycles. The summed E-state index contributed by atoms with van der Waals surface area (Å²) in [5.41, 5.74) is 2.57. The van der Waals surface area contributed by atoms with Crippen LogP contribution < -0.4 is 10.1 Å². The molecular weight excluding hydrogens is 348 g/mol. The third-order valence-corrected chi connectivity index (χ3v) is 5.16. The first kappa shape index (κ1) is 17.9. The second kappa shape index (κ2) is 7.58. The highest BCUT2D eigenvalue weighted by Crippen LogP contribution is 2.32. The summed E-state index contributed by atoms with van der Waals surface area (Å²) in [4.78, 5) is 4.76. The van der Waals surface area contributed by atoms with E-state index in [4.69, 9.17) is 4.74 Å². The Bertz CT molecular complexity index is 971. The van der Waals surface area contributed by atoms with E-state index in [1.807, 2.05) is 42.5 Å². The zero-order valence-electron chi connectivity index (χ0n) is 14.6. The Balaban J connectivity index is 1.99. The van der Waals surface area contributed by atoms with E-state index in [1.165, 1.54) is 6.26 Å². The third-order valence-electron chi connectivity index (χ3n) is 4.03. The first-order valence-electron chi connectivity index (χ1n) is 8.09. The zero-order chi connectivity index (χ0) is 18.6. The maximum Gasteiger partial charge on any atom is 0.175 e. The summed E-state index contributed by atoms with van der Waals surface area (Å²) >= 11 is 0. The smallest absolute Gasteiger partial charge is 0.175 e. The second-order valence-electron chi connectivity index (χ2n) is 5.87. The van der Waals surface area contributed by atoms with E-state index in [1.54, 1.807) is 37.6 Å². The van der Waals surface area contributed by atoms with Gasteiger partial charge in [0.2, 0.25) is 0 Å². The van der Waals surface area contributed by atoms with Crippen molar-refractivity contribution in [3.8, 4) is 5.75 Å². The van der Waals surface area contributed by atoms with Gasteiger partial charge in [0.15, 0.2) is 9.84 Å². The molecule has 0 fully saturated rings. The molecule has 0 spiro atoms. The van der Waals surface area contributed by atoms with Crippen molar-refractivity contribution in [2.75, 3.05) is 18.7 Å². The van der Waals surface area contributed by atoms with Crippen LogP contribution in [0.1, 0.15) is 17.3 Å². The molecule has 1 aromatic heterocycles. The standard InChI is InChI=1S/C20H20N2O3S/c1-25-19-9-4-3-7-17(19)20(18-8-5-6-14-21-18)22-15-10-12-16(13-11-15)26(2,23)24/h3-14,20,22H,1-2H3. The molecule has 1 heterocycles. The van der Waals surface area contributed by atoms with Crippen molar-refractivity contribution in [2.45, 2.75) is 10.9 Å². The van der Waals surface area contributed by atoms with Crippen LogP contribution >= 0.6 is 0 Å². The topological polar surface area (TPSA) is 68.3 Å². The van der Waals surface area contributed by atoms with Crippen molar-refractivity contribution in [3.05, 3.63) is 84.2 Å². The predicted octanol–water partition coefficient (Wildman–Crippen LogP) is 3.70. The molecular formula is C20H20N2O3S. The van der Waals surface area contributed by atoms with Gasteiger partial charge >= 0.3 is 0 Å². The summed E-state index contributed by atoms with van der Waals surface area (Å²) in [5, 5.41) is 3.43. The number of pyridine rings is 1. The molecule has 0 bridgehead atoms. The van der Waals surface area contributed by atoms with Gasteiger partial charge in [-0.05, 0) is 42.5 Å². The first-order chi connectivity index (χ1) is 12.5. The van der Waals surface area contributed by atoms with Crippen LogP contribution in [0.2, 0.25) is 0 Å². The Kier molecular flexibility index (Phi) is 5.23. The second-order valence-corrected chi connectivity index (χ2v) is 7.89. The number of hydrogen-bond acceptors (Lipinski definition) is 5. The van der Waals surface area contributed by atoms with Crippen molar-refractivity contribution in [1.82, 2.24) is 4.98 Å². The number of nitrogens with one attached hydrogen (secondary N) is 1. The number of hydrogen-bond donors (Lipinski definition) is 1. The van der Waals surface area contributed by atoms with Gasteiger partial charge in [0, 0.05) is 23.7 Å². The quantitative estimate of drug-likeness (QED) is 0.719. The van der Waals surface area contributed by atoms with E-state index >= 15 is 0 Å². The lowest BCUT2D eigenvalue weighted by Gasteiger charge is -2.22. The van der Waals surface area contributed by atoms with Crippen molar-refractivity contribution in [1.29, 1.82) is 0 Å². The normalized spacial score (nSPS) is 12.4. The van der Waals surface area contributed by atoms with Crippen molar-refractivity contribution >= 4 is 15.5 Å². The predicted molar refractivity (Wildman–Crippen MR) is 102 cm³/mol. The van der Waals surface area contributed by atoms with Crippen LogP contribution in [0.4, 0.5) is 5.69 Å². The fourth-order valence-electron chi connectivity index (χ4n) is 2.73. The lowest BCUT2D eigenvalue weighted by atomic mass is 10.0. The highest BCUT2D eigenvalue weighted by molar-refractivity contribution is 7.90. The van der Waals surface area contributed by atoms with Gasteiger partial charge in [0.25, 0.3) is 0 Å². The maximum absolute atomic E-state index is 11.6. The molecule has 6 heteroatoms. The highest BCUT2D eigenvalue weighted by Gasteiger charge is 2.19. The number of aromatic nitrogens is 1. The first-order valence-corrected chi connectivity index (χ1v) is 9.98. The fraction of sp³-hybridized carbons (Fsp3) is 0.150. The summed E-state index contributed by atoms with van der Waals surface area (Å²) < 4.78 is 28.8. The molecule has 26 heavy (non-hydrogen) atoms. The Labute approximate surface area is 153 Å². The number of ether oxygens (including phenoxy) is 1. The average Bonchev–Trinajstić information content (AvgIpc) is 2.66. The fourth-order valence-corrected chi connectivity index (χ4v) is 3.36. The molecule has 0 radical (unpaired) electrons. The largest absolute Gasteiger partial charge is 0.496 e. The van der Waals surface area contributed by atoms with Gasteiger partial charge in [-0.15, -0.1) is 0 Å². The van der Waals surface area contributed by atoms with Crippen molar-refractivity contribution < 1.29 is 13.2 Å². The lowest BCUT2D eigenvalue weighted by Crippen LogP contribution is -2.15. The zero-order valence-corrected chi connectivity index (χ0v) is 15.4. The summed E-state index contributed by atoms with van der Waals surface area (Å²) in [5.74, 6) is 0.753. The van der Waals surface area contributed by atoms with Gasteiger partial charge < -0.3 is 10.1 Å². The van der Waals surface area contributed by atoms with Crippen LogP contribution in [0.5, 0.6) is 5.75 Å². The van der Waals surface area contributed by atoms with Gasteiger partial charge in [-0.3, -0.25) is 4.98 Å². The maximum atomic E-state index is 11.6. The minimum atomic E-state index is -3.22. The third kappa shape index (κ3) is 4.03. The summed E-state index contributed by atoms with van der Waals surface area (Å²) in [7, 11) is -1.59. The van der Waals surface area contributed by atoms with E-state index in [-0.39, 0.29) is 10.9 Å². The molecule has 0 aliphatic rings. The van der Waals surface area contributed by atoms with Crippen LogP contribution in [0.15, 0.2) is 77.8 Å². The highest BCUT2D eigenvalue weighted by atomic mass is 32.2. The summed E-state index contributed by atoms with van der Waals surface area (Å²) in [6, 6.07) is 19.9. The molecule has 3 rings (SSSR count). The number of para-hydroxylation sites is 1. The van der Waals surface area contributed by atoms with Crippen LogP contribution in [0.3, 0.4) is 0 Å². The Morgan fingerprint density at radius 2 is 1.65 bits per heavy atom. The number of sulfone groups is 1. The SMILES string of the molecule is COc1ccccc1C(Nc1ccc(S(C)(=O)=O)cc1)c1ccccn1. The summed E-state index contributed by atoms with van der Waals surface area (Å²) in [6.07, 6.45) is 2.94. The van der Waals surface area contributed by atoms with E-state index in [0.717, 1.165) is 22.7 Å². The van der Waals surface area contributed by atoms with Crippen LogP contribution in [-0.4, -0.2) is 26.8 Å². The van der Waals surface area contributed by atoms with E-state index in [2.05, 4.69) is 10.3 Å². The van der Waals surface area contributed by atoms with E-state index < -0.39 is 9.84 Å². The average molecular weight is 368 g/mol. The van der Waals surface area contributed by atoms with Gasteiger partial charge in [-0.25, -0.2) is 8.42 Å². The molecule has 0 saturated carbocycles. The van der Waals surface area contributed by atoms with Gasteiger partial charge in [-0.2, -0.15) is 0 Å². The molecule has 5 nitrogen and oxygen atoms in total. The molecule has 1 N–H and O–H groups in total. The van der Waals surface area contributed by atoms with E-state index in [0.29, 0.717) is 0 Å². The van der Waals surface area contributed by atoms with Crippen molar-refractivity contribution in [2.24, 2.45) is 0 Å². The summed E-state index contributed by atoms with van der Waals surface area (Å²) in [6.45, 7) is 0.